The number of carbonyl (C=O) groups excluding carboxylic acids is 2. The third kappa shape index (κ3) is 68.6. The van der Waals surface area contributed by atoms with Crippen LogP contribution in [0.4, 0.5) is 0 Å². The first kappa shape index (κ1) is 85.4. The number of esters is 1. The number of quaternary nitrogens is 1. The first-order chi connectivity index (χ1) is 43.4. The molecule has 0 saturated carbocycles. The molecule has 0 fully saturated rings. The molecule has 0 aromatic heterocycles. The molecule has 1 amide bonds. The van der Waals surface area contributed by atoms with Gasteiger partial charge in [-0.2, -0.15) is 0 Å². The predicted molar refractivity (Wildman–Crippen MR) is 385 cm³/mol. The Labute approximate surface area is 550 Å². The van der Waals surface area contributed by atoms with Crippen molar-refractivity contribution < 1.29 is 37.3 Å². The zero-order valence-electron chi connectivity index (χ0n) is 58.6. The molecule has 0 spiro atoms. The predicted octanol–water partition coefficient (Wildman–Crippen LogP) is 23.2. The zero-order valence-corrected chi connectivity index (χ0v) is 59.5. The van der Waals surface area contributed by atoms with Gasteiger partial charge in [0, 0.05) is 12.8 Å². The normalized spacial score (nSPS) is 14.2. The Bertz CT molecular complexity index is 1940. The smallest absolute Gasteiger partial charge is 0.306 e. The van der Waals surface area contributed by atoms with Crippen molar-refractivity contribution in [3.63, 3.8) is 0 Å². The summed E-state index contributed by atoms with van der Waals surface area (Å²) in [6.45, 7) is 6.71. The molecule has 3 atom stereocenters. The highest BCUT2D eigenvalue weighted by Gasteiger charge is 2.27. The molecule has 0 saturated heterocycles. The molecular formula is C79H139N2O7P. The second-order valence-corrected chi connectivity index (χ2v) is 27.1. The van der Waals surface area contributed by atoms with Crippen molar-refractivity contribution in [3.8, 4) is 0 Å². The monoisotopic (exact) mass is 1260 g/mol. The van der Waals surface area contributed by atoms with Gasteiger partial charge in [-0.1, -0.05) is 303 Å². The zero-order chi connectivity index (χ0) is 64.9. The summed E-state index contributed by atoms with van der Waals surface area (Å²) in [5.74, 6) is -0.556. The van der Waals surface area contributed by atoms with E-state index in [1.54, 1.807) is 0 Å². The van der Waals surface area contributed by atoms with E-state index in [2.05, 4.69) is 135 Å². The van der Waals surface area contributed by atoms with E-state index in [1.165, 1.54) is 154 Å². The molecule has 0 rings (SSSR count). The number of unbranched alkanes of at least 4 members (excludes halogenated alkanes) is 32. The highest BCUT2D eigenvalue weighted by Crippen LogP contribution is 2.38. The number of likely N-dealkylation sites (N-methyl/N-ethyl adjacent to an activating group) is 1. The van der Waals surface area contributed by atoms with Gasteiger partial charge in [-0.25, -0.2) is 0 Å². The number of rotatable bonds is 66. The summed E-state index contributed by atoms with van der Waals surface area (Å²) >= 11 is 0. The Morgan fingerprint density at radius 2 is 0.719 bits per heavy atom. The van der Waals surface area contributed by atoms with Gasteiger partial charge in [-0.3, -0.25) is 14.2 Å². The maximum absolute atomic E-state index is 13.6. The van der Waals surface area contributed by atoms with Gasteiger partial charge in [-0.15, -0.1) is 0 Å². The second-order valence-electron chi connectivity index (χ2n) is 25.7. The molecule has 9 nitrogen and oxygen atoms in total. The Morgan fingerprint density at radius 3 is 1.10 bits per heavy atom. The van der Waals surface area contributed by atoms with E-state index >= 15 is 0 Å². The standard InChI is InChI=1S/C79H139N2O7P/c1-7-10-13-16-19-22-25-28-30-32-34-36-38-39-40-41-43-45-47-49-51-54-57-60-63-66-69-72-79(83)88-77(70-67-64-61-58-55-52-27-24-21-18-15-12-9-3)76(75-87-89(84,85)86-74-73-81(4,5)6)80-78(82)71-68-65-62-59-56-53-50-48-46-44-42-37-35-33-31-29-26-23-20-17-14-11-8-2/h11,14,19-20,22-23,28-31,34-37,39-40,44,46,67,70,76-77H,7-10,12-13,15-18,21,24-27,32-33,38,41-43,45,47-66,68-69,71-75H2,1-6H3,(H-,80,82,84,85)/b14-11-,22-19-,23-20-,30-28-,31-29-,36-34-,37-35-,40-39-,46-44-,70-67+. The third-order valence-corrected chi connectivity index (χ3v) is 16.8. The van der Waals surface area contributed by atoms with E-state index in [9.17, 15) is 19.0 Å². The van der Waals surface area contributed by atoms with Crippen LogP contribution >= 0.6 is 7.82 Å². The molecule has 512 valence electrons. The van der Waals surface area contributed by atoms with Crippen molar-refractivity contribution >= 4 is 19.7 Å². The minimum Gasteiger partial charge on any atom is -0.756 e. The molecule has 0 bridgehead atoms. The average molecular weight is 1260 g/mol. The summed E-state index contributed by atoms with van der Waals surface area (Å²) in [4.78, 5) is 40.3. The van der Waals surface area contributed by atoms with E-state index in [4.69, 9.17) is 13.8 Å². The summed E-state index contributed by atoms with van der Waals surface area (Å²) in [7, 11) is 1.17. The van der Waals surface area contributed by atoms with E-state index in [0.29, 0.717) is 17.4 Å². The molecule has 0 aliphatic rings. The summed E-state index contributed by atoms with van der Waals surface area (Å²) < 4.78 is 30.5. The van der Waals surface area contributed by atoms with Gasteiger partial charge in [0.05, 0.1) is 33.8 Å². The summed E-state index contributed by atoms with van der Waals surface area (Å²) in [5, 5.41) is 3.04. The van der Waals surface area contributed by atoms with E-state index in [1.807, 2.05) is 33.3 Å². The lowest BCUT2D eigenvalue weighted by molar-refractivity contribution is -0.870. The maximum atomic E-state index is 13.6. The molecule has 0 radical (unpaired) electrons. The number of hydrogen-bond donors (Lipinski definition) is 1. The lowest BCUT2D eigenvalue weighted by Crippen LogP contribution is -2.47. The van der Waals surface area contributed by atoms with Crippen molar-refractivity contribution in [3.05, 3.63) is 122 Å². The number of carbonyl (C=O) groups is 2. The van der Waals surface area contributed by atoms with Crippen LogP contribution in [0.25, 0.3) is 0 Å². The largest absolute Gasteiger partial charge is 0.756 e. The van der Waals surface area contributed by atoms with Gasteiger partial charge in [0.15, 0.2) is 0 Å². The minimum absolute atomic E-state index is 0.0306. The van der Waals surface area contributed by atoms with Gasteiger partial charge < -0.3 is 28.5 Å². The summed E-state index contributed by atoms with van der Waals surface area (Å²) in [6.07, 6.45) is 94.6. The molecule has 89 heavy (non-hydrogen) atoms. The van der Waals surface area contributed by atoms with Crippen molar-refractivity contribution in [2.24, 2.45) is 0 Å². The van der Waals surface area contributed by atoms with Gasteiger partial charge >= 0.3 is 5.97 Å². The van der Waals surface area contributed by atoms with Crippen LogP contribution in [0, 0.1) is 0 Å². The SMILES string of the molecule is CC/C=C\C/C=C\C/C=C\C/C=C\C/C=C\CCCCCCCCCC(=O)NC(COP(=O)([O-])OCC[N+](C)(C)C)C(/C=C/CCCCCCCCCCCCC)OC(=O)CCCCCCCCCCCCC/C=C\C/C=C\C/C=C\C/C=C\CCCCC. The van der Waals surface area contributed by atoms with Crippen molar-refractivity contribution in [2.75, 3.05) is 40.9 Å². The summed E-state index contributed by atoms with van der Waals surface area (Å²) in [6, 6.07) is -0.905. The Hall–Kier alpha value is -3.59. The van der Waals surface area contributed by atoms with Crippen molar-refractivity contribution in [1.29, 1.82) is 0 Å². The Balaban J connectivity index is 5.11. The molecule has 10 heteroatoms. The van der Waals surface area contributed by atoms with E-state index in [-0.39, 0.29) is 24.9 Å². The Kier molecular flexibility index (Phi) is 64.6. The fourth-order valence-electron chi connectivity index (χ4n) is 10.2. The number of ether oxygens (including phenoxy) is 1. The lowest BCUT2D eigenvalue weighted by Gasteiger charge is -2.30. The van der Waals surface area contributed by atoms with Gasteiger partial charge in [-0.05, 0) is 122 Å². The number of allylic oxidation sites excluding steroid dienone is 19. The number of hydrogen-bond acceptors (Lipinski definition) is 7. The van der Waals surface area contributed by atoms with Crippen molar-refractivity contribution in [2.45, 2.75) is 328 Å². The van der Waals surface area contributed by atoms with Gasteiger partial charge in [0.2, 0.25) is 5.91 Å². The fraction of sp³-hybridized carbons (Fsp3) is 0.722. The third-order valence-electron chi connectivity index (χ3n) is 15.9. The molecule has 0 aromatic rings. The number of phosphoric acid groups is 1. The molecular weight excluding hydrogens is 1120 g/mol. The van der Waals surface area contributed by atoms with Crippen molar-refractivity contribution in [1.82, 2.24) is 5.32 Å². The topological polar surface area (TPSA) is 114 Å². The second kappa shape index (κ2) is 67.3. The minimum atomic E-state index is -4.72. The average Bonchev–Trinajstić information content (AvgIpc) is 3.64. The first-order valence-electron chi connectivity index (χ1n) is 36.8. The van der Waals surface area contributed by atoms with Crippen LogP contribution in [0.5, 0.6) is 0 Å². The maximum Gasteiger partial charge on any atom is 0.306 e. The van der Waals surface area contributed by atoms with Crippen LogP contribution in [0.15, 0.2) is 122 Å². The van der Waals surface area contributed by atoms with E-state index < -0.39 is 26.6 Å². The van der Waals surface area contributed by atoms with Crippen LogP contribution < -0.4 is 10.2 Å². The highest BCUT2D eigenvalue weighted by molar-refractivity contribution is 7.45. The van der Waals surface area contributed by atoms with Crippen LogP contribution in [0.1, 0.15) is 316 Å². The molecule has 0 aliphatic carbocycles. The van der Waals surface area contributed by atoms with Crippen LogP contribution in [-0.4, -0.2) is 69.4 Å². The van der Waals surface area contributed by atoms with Gasteiger partial charge in [0.25, 0.3) is 7.82 Å². The molecule has 3 unspecified atom stereocenters. The lowest BCUT2D eigenvalue weighted by atomic mass is 10.0. The Morgan fingerprint density at radius 1 is 0.404 bits per heavy atom. The number of nitrogens with zero attached hydrogens (tertiary/aromatic N) is 1. The number of phosphoric ester groups is 1. The number of nitrogens with one attached hydrogen (secondary N) is 1. The van der Waals surface area contributed by atoms with Crippen LogP contribution in [0.3, 0.4) is 0 Å². The number of amides is 1. The van der Waals surface area contributed by atoms with E-state index in [0.717, 1.165) is 128 Å². The van der Waals surface area contributed by atoms with Crippen LogP contribution in [0.2, 0.25) is 0 Å². The molecule has 0 aromatic carbocycles. The van der Waals surface area contributed by atoms with Gasteiger partial charge in [0.1, 0.15) is 19.3 Å². The molecule has 0 aliphatic heterocycles. The molecule has 0 heterocycles. The summed E-state index contributed by atoms with van der Waals surface area (Å²) in [5.41, 5.74) is 0. The highest BCUT2D eigenvalue weighted by atomic mass is 31.2. The molecule has 1 N–H and O–H groups in total. The quantitative estimate of drug-likeness (QED) is 0.0212. The fourth-order valence-corrected chi connectivity index (χ4v) is 11.0. The van der Waals surface area contributed by atoms with Crippen LogP contribution in [-0.2, 0) is 27.9 Å². The first-order valence-corrected chi connectivity index (χ1v) is 38.3.